The molecule has 0 N–H and O–H groups in total. The van der Waals surface area contributed by atoms with E-state index in [-0.39, 0.29) is 0 Å². The van der Waals surface area contributed by atoms with E-state index >= 15 is 0 Å². The summed E-state index contributed by atoms with van der Waals surface area (Å²) >= 11 is 5.71. The van der Waals surface area contributed by atoms with Crippen molar-refractivity contribution in [3.63, 3.8) is 0 Å². The summed E-state index contributed by atoms with van der Waals surface area (Å²) in [5.74, 6) is 1.12. The van der Waals surface area contributed by atoms with Crippen molar-refractivity contribution in [2.45, 2.75) is 33.1 Å². The van der Waals surface area contributed by atoms with Crippen molar-refractivity contribution >= 4 is 17.6 Å². The van der Waals surface area contributed by atoms with Crippen LogP contribution >= 0.6 is 11.6 Å². The van der Waals surface area contributed by atoms with Gasteiger partial charge in [0.25, 0.3) is 6.01 Å². The minimum Gasteiger partial charge on any atom is -0.432 e. The van der Waals surface area contributed by atoms with Crippen LogP contribution in [0.5, 0.6) is 0 Å². The minimum atomic E-state index is 0.358. The Labute approximate surface area is 102 Å². The predicted octanol–water partition coefficient (Wildman–Crippen LogP) is 3.29. The normalized spacial score (nSPS) is 21.8. The van der Waals surface area contributed by atoms with Crippen molar-refractivity contribution in [3.05, 3.63) is 12.0 Å². The molecule has 0 amide bonds. The molecule has 0 radical (unpaired) electrons. The van der Waals surface area contributed by atoms with Gasteiger partial charge < -0.3 is 9.32 Å². The van der Waals surface area contributed by atoms with Gasteiger partial charge in [0.15, 0.2) is 0 Å². The van der Waals surface area contributed by atoms with Gasteiger partial charge in [0.1, 0.15) is 6.26 Å². The van der Waals surface area contributed by atoms with E-state index in [1.54, 1.807) is 6.26 Å². The molecule has 1 aliphatic rings. The number of hydrogen-bond donors (Lipinski definition) is 0. The summed E-state index contributed by atoms with van der Waals surface area (Å²) in [6.07, 6.45) is 2.86. The Morgan fingerprint density at radius 3 is 2.81 bits per heavy atom. The fourth-order valence-corrected chi connectivity index (χ4v) is 2.27. The molecule has 1 aromatic heterocycles. The maximum Gasteiger partial charge on any atom is 0.297 e. The molecule has 1 unspecified atom stereocenters. The van der Waals surface area contributed by atoms with Crippen LogP contribution in [0.2, 0.25) is 0 Å². The van der Waals surface area contributed by atoms with Gasteiger partial charge in [-0.1, -0.05) is 20.8 Å². The highest BCUT2D eigenvalue weighted by molar-refractivity contribution is 6.16. The summed E-state index contributed by atoms with van der Waals surface area (Å²) in [6, 6.07) is 0.724. The molecule has 1 aromatic rings. The number of anilines is 1. The monoisotopic (exact) mass is 242 g/mol. The van der Waals surface area contributed by atoms with E-state index in [9.17, 15) is 0 Å². The summed E-state index contributed by atoms with van der Waals surface area (Å²) < 4.78 is 5.43. The van der Waals surface area contributed by atoms with Crippen LogP contribution in [0.4, 0.5) is 6.01 Å². The Hall–Kier alpha value is -0.700. The van der Waals surface area contributed by atoms with Crippen molar-refractivity contribution in [2.24, 2.45) is 11.3 Å². The van der Waals surface area contributed by atoms with Gasteiger partial charge >= 0.3 is 0 Å². The maximum atomic E-state index is 5.71. The van der Waals surface area contributed by atoms with Crippen LogP contribution in [0.1, 0.15) is 32.9 Å². The Balaban J connectivity index is 2.03. The van der Waals surface area contributed by atoms with Crippen LogP contribution in [0.25, 0.3) is 0 Å². The van der Waals surface area contributed by atoms with E-state index in [2.05, 4.69) is 30.7 Å². The highest BCUT2D eigenvalue weighted by Crippen LogP contribution is 2.35. The summed E-state index contributed by atoms with van der Waals surface area (Å²) in [5, 5.41) is 0. The van der Waals surface area contributed by atoms with E-state index in [4.69, 9.17) is 16.0 Å². The first kappa shape index (κ1) is 11.8. The summed E-state index contributed by atoms with van der Waals surface area (Å²) in [7, 11) is 0. The topological polar surface area (TPSA) is 29.3 Å². The van der Waals surface area contributed by atoms with Crippen LogP contribution in [0.15, 0.2) is 10.7 Å². The Morgan fingerprint density at radius 2 is 2.31 bits per heavy atom. The zero-order valence-electron chi connectivity index (χ0n) is 10.2. The Morgan fingerprint density at radius 1 is 1.56 bits per heavy atom. The highest BCUT2D eigenvalue weighted by Gasteiger charge is 2.33. The lowest BCUT2D eigenvalue weighted by Crippen LogP contribution is -2.25. The highest BCUT2D eigenvalue weighted by atomic mass is 35.5. The standard InChI is InChI=1S/C12H19ClN2O/c1-12(2,3)9-4-5-15(7-9)11-14-10(6-13)8-16-11/h8-9H,4-7H2,1-3H3. The van der Waals surface area contributed by atoms with Gasteiger partial charge in [-0.2, -0.15) is 4.98 Å². The maximum absolute atomic E-state index is 5.71. The van der Waals surface area contributed by atoms with Gasteiger partial charge in [0, 0.05) is 13.1 Å². The molecule has 1 atom stereocenters. The molecular formula is C12H19ClN2O. The summed E-state index contributed by atoms with van der Waals surface area (Å²) in [4.78, 5) is 6.57. The quantitative estimate of drug-likeness (QED) is 0.746. The molecule has 1 saturated heterocycles. The van der Waals surface area contributed by atoms with E-state index in [1.807, 2.05) is 0 Å². The molecule has 2 rings (SSSR count). The molecule has 0 saturated carbocycles. The zero-order valence-corrected chi connectivity index (χ0v) is 10.9. The van der Waals surface area contributed by atoms with Gasteiger partial charge in [-0.3, -0.25) is 0 Å². The van der Waals surface area contributed by atoms with Crippen molar-refractivity contribution in [2.75, 3.05) is 18.0 Å². The molecule has 90 valence electrons. The second-order valence-corrected chi connectivity index (χ2v) is 5.82. The molecule has 2 heterocycles. The molecule has 0 aliphatic carbocycles. The molecule has 3 nitrogen and oxygen atoms in total. The number of aromatic nitrogens is 1. The first-order valence-electron chi connectivity index (χ1n) is 5.76. The van der Waals surface area contributed by atoms with Crippen LogP contribution in [-0.2, 0) is 5.88 Å². The van der Waals surface area contributed by atoms with E-state index in [0.717, 1.165) is 24.8 Å². The van der Waals surface area contributed by atoms with Gasteiger partial charge in [-0.25, -0.2) is 0 Å². The molecule has 1 fully saturated rings. The van der Waals surface area contributed by atoms with Crippen molar-refractivity contribution in [3.8, 4) is 0 Å². The third-order valence-electron chi connectivity index (χ3n) is 3.36. The Kier molecular flexibility index (Phi) is 3.15. The van der Waals surface area contributed by atoms with Crippen LogP contribution in [-0.4, -0.2) is 18.1 Å². The predicted molar refractivity (Wildman–Crippen MR) is 65.8 cm³/mol. The van der Waals surface area contributed by atoms with E-state index in [1.165, 1.54) is 6.42 Å². The number of halogens is 1. The van der Waals surface area contributed by atoms with Crippen molar-refractivity contribution < 1.29 is 4.42 Å². The van der Waals surface area contributed by atoms with Crippen LogP contribution in [0, 0.1) is 11.3 Å². The van der Waals surface area contributed by atoms with Gasteiger partial charge in [0.2, 0.25) is 0 Å². The van der Waals surface area contributed by atoms with Crippen LogP contribution < -0.4 is 4.90 Å². The summed E-state index contributed by atoms with van der Waals surface area (Å²) in [6.45, 7) is 8.94. The molecule has 4 heteroatoms. The van der Waals surface area contributed by atoms with Gasteiger partial charge in [-0.05, 0) is 17.8 Å². The van der Waals surface area contributed by atoms with Gasteiger partial charge in [-0.15, -0.1) is 11.6 Å². The molecule has 1 aliphatic heterocycles. The first-order chi connectivity index (χ1) is 7.50. The third kappa shape index (κ3) is 2.34. The van der Waals surface area contributed by atoms with Crippen molar-refractivity contribution in [1.82, 2.24) is 4.98 Å². The summed E-state index contributed by atoms with van der Waals surface area (Å²) in [5.41, 5.74) is 1.17. The first-order valence-corrected chi connectivity index (χ1v) is 6.29. The van der Waals surface area contributed by atoms with Crippen LogP contribution in [0.3, 0.4) is 0 Å². The molecule has 0 bridgehead atoms. The number of alkyl halides is 1. The fraction of sp³-hybridized carbons (Fsp3) is 0.750. The smallest absolute Gasteiger partial charge is 0.297 e. The molecule has 0 aromatic carbocycles. The van der Waals surface area contributed by atoms with E-state index in [0.29, 0.717) is 17.2 Å². The minimum absolute atomic E-state index is 0.358. The average molecular weight is 243 g/mol. The average Bonchev–Trinajstić information content (AvgIpc) is 2.85. The number of hydrogen-bond acceptors (Lipinski definition) is 3. The fourth-order valence-electron chi connectivity index (χ4n) is 2.14. The molecule has 0 spiro atoms. The lowest BCUT2D eigenvalue weighted by Gasteiger charge is -2.26. The zero-order chi connectivity index (χ0) is 11.8. The lowest BCUT2D eigenvalue weighted by atomic mass is 9.80. The lowest BCUT2D eigenvalue weighted by molar-refractivity contribution is 0.263. The second-order valence-electron chi connectivity index (χ2n) is 5.55. The molecule has 16 heavy (non-hydrogen) atoms. The number of rotatable bonds is 2. The third-order valence-corrected chi connectivity index (χ3v) is 3.63. The molecular weight excluding hydrogens is 224 g/mol. The van der Waals surface area contributed by atoms with Gasteiger partial charge in [0.05, 0.1) is 11.6 Å². The number of nitrogens with zero attached hydrogens (tertiary/aromatic N) is 2. The second kappa shape index (κ2) is 4.28. The Bertz CT molecular complexity index is 356. The van der Waals surface area contributed by atoms with Crippen molar-refractivity contribution in [1.29, 1.82) is 0 Å². The SMILES string of the molecule is CC(C)(C)C1CCN(c2nc(CCl)co2)C1. The number of oxazole rings is 1. The van der Waals surface area contributed by atoms with E-state index < -0.39 is 0 Å². The largest absolute Gasteiger partial charge is 0.432 e.